The van der Waals surface area contributed by atoms with Crippen LogP contribution in [0.1, 0.15) is 12.8 Å². The van der Waals surface area contributed by atoms with Crippen molar-refractivity contribution in [3.8, 4) is 0 Å². The van der Waals surface area contributed by atoms with Crippen molar-refractivity contribution in [1.82, 2.24) is 0 Å². The fourth-order valence-electron chi connectivity index (χ4n) is 1.52. The number of nitrogens with two attached hydrogens (primary N) is 1. The first-order valence-corrected chi connectivity index (χ1v) is 5.83. The van der Waals surface area contributed by atoms with Gasteiger partial charge in [-0.25, -0.2) is 4.39 Å². The van der Waals surface area contributed by atoms with Crippen LogP contribution in [0, 0.1) is 11.2 Å². The third-order valence-electron chi connectivity index (χ3n) is 2.90. The molecule has 0 heterocycles. The first-order valence-electron chi connectivity index (χ1n) is 5.04. The Labute approximate surface area is 101 Å². The highest BCUT2D eigenvalue weighted by molar-refractivity contribution is 9.10. The third kappa shape index (κ3) is 2.10. The molecule has 0 radical (unpaired) electrons. The molecule has 0 aromatic heterocycles. The molecule has 1 fully saturated rings. The van der Waals surface area contributed by atoms with Gasteiger partial charge in [0.25, 0.3) is 0 Å². The molecular weight excluding hydrogens is 275 g/mol. The second-order valence-electron chi connectivity index (χ2n) is 4.06. The highest BCUT2D eigenvalue weighted by Crippen LogP contribution is 2.45. The van der Waals surface area contributed by atoms with Crippen molar-refractivity contribution in [2.24, 2.45) is 11.1 Å². The standard InChI is InChI=1S/C11H12BrFN2O/c12-7-1-2-8(13)9(5-7)15-10(16)11(6-14)3-4-11/h1-2,5H,3-4,6,14H2,(H,15,16). The molecular formula is C11H12BrFN2O. The third-order valence-corrected chi connectivity index (χ3v) is 3.40. The van der Waals surface area contributed by atoms with Crippen molar-refractivity contribution in [2.45, 2.75) is 12.8 Å². The summed E-state index contributed by atoms with van der Waals surface area (Å²) in [5.41, 5.74) is 5.26. The van der Waals surface area contributed by atoms with E-state index in [1.807, 2.05) is 0 Å². The maximum Gasteiger partial charge on any atom is 0.231 e. The molecule has 3 N–H and O–H groups in total. The van der Waals surface area contributed by atoms with E-state index in [4.69, 9.17) is 5.73 Å². The molecule has 0 unspecified atom stereocenters. The minimum absolute atomic E-state index is 0.188. The number of benzene rings is 1. The Morgan fingerprint density at radius 3 is 2.81 bits per heavy atom. The summed E-state index contributed by atoms with van der Waals surface area (Å²) in [6, 6.07) is 4.43. The smallest absolute Gasteiger partial charge is 0.231 e. The van der Waals surface area contributed by atoms with Crippen LogP contribution in [0.25, 0.3) is 0 Å². The van der Waals surface area contributed by atoms with Crippen LogP contribution >= 0.6 is 15.9 Å². The van der Waals surface area contributed by atoms with Gasteiger partial charge in [-0.2, -0.15) is 0 Å². The van der Waals surface area contributed by atoms with Crippen molar-refractivity contribution in [2.75, 3.05) is 11.9 Å². The van der Waals surface area contributed by atoms with E-state index in [0.717, 1.165) is 17.3 Å². The van der Waals surface area contributed by atoms with E-state index in [1.165, 1.54) is 6.07 Å². The Morgan fingerprint density at radius 2 is 2.25 bits per heavy atom. The molecule has 1 aliphatic carbocycles. The Morgan fingerprint density at radius 1 is 1.56 bits per heavy atom. The maximum absolute atomic E-state index is 13.4. The Kier molecular flexibility index (Phi) is 2.99. The minimum Gasteiger partial charge on any atom is -0.329 e. The van der Waals surface area contributed by atoms with Gasteiger partial charge in [-0.15, -0.1) is 0 Å². The highest BCUT2D eigenvalue weighted by Gasteiger charge is 2.48. The van der Waals surface area contributed by atoms with Crippen LogP contribution in [0.15, 0.2) is 22.7 Å². The van der Waals surface area contributed by atoms with Gasteiger partial charge in [-0.05, 0) is 31.0 Å². The van der Waals surface area contributed by atoms with Crippen molar-refractivity contribution in [1.29, 1.82) is 0 Å². The van der Waals surface area contributed by atoms with Gasteiger partial charge in [0.1, 0.15) is 5.82 Å². The summed E-state index contributed by atoms with van der Waals surface area (Å²) in [5.74, 6) is -0.628. The van der Waals surface area contributed by atoms with E-state index in [1.54, 1.807) is 12.1 Å². The second kappa shape index (κ2) is 4.14. The molecule has 3 nitrogen and oxygen atoms in total. The van der Waals surface area contributed by atoms with E-state index in [0.29, 0.717) is 6.54 Å². The summed E-state index contributed by atoms with van der Waals surface area (Å²) >= 11 is 3.23. The van der Waals surface area contributed by atoms with Crippen LogP contribution in [0.4, 0.5) is 10.1 Å². The Balaban J connectivity index is 2.15. The molecule has 1 saturated carbocycles. The molecule has 1 amide bonds. The van der Waals surface area contributed by atoms with Gasteiger partial charge in [-0.1, -0.05) is 15.9 Å². The van der Waals surface area contributed by atoms with E-state index < -0.39 is 11.2 Å². The number of rotatable bonds is 3. The van der Waals surface area contributed by atoms with Crippen LogP contribution in [0.3, 0.4) is 0 Å². The molecule has 0 atom stereocenters. The Hall–Kier alpha value is -0.940. The van der Waals surface area contributed by atoms with Crippen LogP contribution < -0.4 is 11.1 Å². The van der Waals surface area contributed by atoms with Gasteiger partial charge >= 0.3 is 0 Å². The highest BCUT2D eigenvalue weighted by atomic mass is 79.9. The van der Waals surface area contributed by atoms with Gasteiger partial charge in [0, 0.05) is 11.0 Å². The summed E-state index contributed by atoms with van der Waals surface area (Å²) in [6.07, 6.45) is 1.57. The van der Waals surface area contributed by atoms with Crippen molar-refractivity contribution in [3.63, 3.8) is 0 Å². The largest absolute Gasteiger partial charge is 0.329 e. The Bertz CT molecular complexity index is 432. The van der Waals surface area contributed by atoms with Crippen LogP contribution in [0.5, 0.6) is 0 Å². The summed E-state index contributed by atoms with van der Waals surface area (Å²) in [5, 5.41) is 2.58. The van der Waals surface area contributed by atoms with Gasteiger partial charge in [0.15, 0.2) is 0 Å². The molecule has 0 saturated heterocycles. The molecule has 5 heteroatoms. The number of hydrogen-bond donors (Lipinski definition) is 2. The quantitative estimate of drug-likeness (QED) is 0.896. The molecule has 1 aromatic carbocycles. The fraction of sp³-hybridized carbons (Fsp3) is 0.364. The number of halogens is 2. The lowest BCUT2D eigenvalue weighted by Gasteiger charge is -2.13. The zero-order valence-electron chi connectivity index (χ0n) is 8.59. The van der Waals surface area contributed by atoms with E-state index in [-0.39, 0.29) is 11.6 Å². The minimum atomic E-state index is -0.464. The maximum atomic E-state index is 13.4. The lowest BCUT2D eigenvalue weighted by atomic mass is 10.1. The monoisotopic (exact) mass is 286 g/mol. The van der Waals surface area contributed by atoms with Gasteiger partial charge in [-0.3, -0.25) is 4.79 Å². The average Bonchev–Trinajstić information content (AvgIpc) is 3.04. The summed E-state index contributed by atoms with van der Waals surface area (Å²) in [7, 11) is 0. The molecule has 0 aliphatic heterocycles. The van der Waals surface area contributed by atoms with E-state index in [2.05, 4.69) is 21.2 Å². The first kappa shape index (κ1) is 11.5. The summed E-state index contributed by atoms with van der Waals surface area (Å²) in [6.45, 7) is 0.314. The van der Waals surface area contributed by atoms with Crippen LogP contribution in [0.2, 0.25) is 0 Å². The topological polar surface area (TPSA) is 55.1 Å². The fourth-order valence-corrected chi connectivity index (χ4v) is 1.88. The molecule has 1 aromatic rings. The summed E-state index contributed by atoms with van der Waals surface area (Å²) in [4.78, 5) is 11.8. The molecule has 0 bridgehead atoms. The first-order chi connectivity index (χ1) is 7.57. The summed E-state index contributed by atoms with van der Waals surface area (Å²) < 4.78 is 14.1. The molecule has 1 aliphatic rings. The van der Waals surface area contributed by atoms with Crippen LogP contribution in [-0.2, 0) is 4.79 Å². The van der Waals surface area contributed by atoms with Gasteiger partial charge < -0.3 is 11.1 Å². The van der Waals surface area contributed by atoms with Crippen LogP contribution in [-0.4, -0.2) is 12.5 Å². The number of amides is 1. The molecule has 2 rings (SSSR count). The molecule has 86 valence electrons. The normalized spacial score (nSPS) is 16.9. The van der Waals surface area contributed by atoms with Gasteiger partial charge in [0.05, 0.1) is 11.1 Å². The van der Waals surface area contributed by atoms with E-state index >= 15 is 0 Å². The number of nitrogens with one attached hydrogen (secondary N) is 1. The predicted octanol–water partition coefficient (Wildman–Crippen LogP) is 2.27. The van der Waals surface area contributed by atoms with Crippen molar-refractivity contribution < 1.29 is 9.18 Å². The molecule has 16 heavy (non-hydrogen) atoms. The van der Waals surface area contributed by atoms with E-state index in [9.17, 15) is 9.18 Å². The molecule has 0 spiro atoms. The number of hydrogen-bond acceptors (Lipinski definition) is 2. The zero-order valence-corrected chi connectivity index (χ0v) is 10.2. The number of carbonyl (C=O) groups excluding carboxylic acids is 1. The average molecular weight is 287 g/mol. The second-order valence-corrected chi connectivity index (χ2v) is 4.98. The lowest BCUT2D eigenvalue weighted by molar-refractivity contribution is -0.120. The number of anilines is 1. The lowest BCUT2D eigenvalue weighted by Crippen LogP contribution is -2.31. The predicted molar refractivity (Wildman–Crippen MR) is 63.5 cm³/mol. The van der Waals surface area contributed by atoms with Gasteiger partial charge in [0.2, 0.25) is 5.91 Å². The zero-order chi connectivity index (χ0) is 11.8. The SMILES string of the molecule is NCC1(C(=O)Nc2cc(Br)ccc2F)CC1. The number of carbonyl (C=O) groups is 1. The van der Waals surface area contributed by atoms with Crippen molar-refractivity contribution >= 4 is 27.5 Å². The van der Waals surface area contributed by atoms with Crippen molar-refractivity contribution in [3.05, 3.63) is 28.5 Å².